The van der Waals surface area contributed by atoms with Gasteiger partial charge in [0, 0.05) is 15.0 Å². The van der Waals surface area contributed by atoms with Crippen molar-refractivity contribution < 1.29 is 4.79 Å². The van der Waals surface area contributed by atoms with Crippen LogP contribution in [0.1, 0.15) is 43.2 Å². The van der Waals surface area contributed by atoms with E-state index >= 15 is 0 Å². The van der Waals surface area contributed by atoms with E-state index in [-0.39, 0.29) is 6.03 Å². The molecule has 110 valence electrons. The molecule has 0 atom stereocenters. The van der Waals surface area contributed by atoms with E-state index in [0.717, 1.165) is 38.6 Å². The Kier molecular flexibility index (Phi) is 5.49. The number of rotatable bonds is 2. The van der Waals surface area contributed by atoms with E-state index in [0.29, 0.717) is 6.04 Å². The van der Waals surface area contributed by atoms with Crippen LogP contribution in [0.3, 0.4) is 0 Å². The van der Waals surface area contributed by atoms with Gasteiger partial charge in [-0.25, -0.2) is 4.79 Å². The fraction of sp³-hybridized carbons (Fsp3) is 0.533. The lowest BCUT2D eigenvalue weighted by Crippen LogP contribution is -2.39. The minimum atomic E-state index is -0.112. The van der Waals surface area contributed by atoms with Crippen molar-refractivity contribution in [2.75, 3.05) is 5.32 Å². The molecule has 2 N–H and O–H groups in total. The molecule has 0 saturated heterocycles. The van der Waals surface area contributed by atoms with Crippen LogP contribution in [0, 0.1) is 13.8 Å². The highest BCUT2D eigenvalue weighted by Crippen LogP contribution is 2.34. The van der Waals surface area contributed by atoms with Crippen LogP contribution in [0.25, 0.3) is 0 Å². The lowest BCUT2D eigenvalue weighted by atomic mass is 9.96. The van der Waals surface area contributed by atoms with Crippen molar-refractivity contribution >= 4 is 43.6 Å². The molecular weight excluding hydrogens is 384 g/mol. The molecule has 0 spiro atoms. The normalized spacial score (nSPS) is 16.0. The van der Waals surface area contributed by atoms with Gasteiger partial charge in [-0.1, -0.05) is 35.2 Å². The van der Waals surface area contributed by atoms with Crippen molar-refractivity contribution in [3.05, 3.63) is 26.1 Å². The minimum Gasteiger partial charge on any atom is -0.335 e. The Morgan fingerprint density at radius 2 is 1.80 bits per heavy atom. The van der Waals surface area contributed by atoms with E-state index in [1.807, 2.05) is 19.9 Å². The maximum absolute atomic E-state index is 12.1. The maximum atomic E-state index is 12.1. The van der Waals surface area contributed by atoms with E-state index < -0.39 is 0 Å². The Balaban J connectivity index is 2.04. The van der Waals surface area contributed by atoms with E-state index in [9.17, 15) is 4.79 Å². The number of urea groups is 1. The number of benzene rings is 1. The summed E-state index contributed by atoms with van der Waals surface area (Å²) in [7, 11) is 0. The van der Waals surface area contributed by atoms with Crippen LogP contribution in [0.5, 0.6) is 0 Å². The zero-order valence-corrected chi connectivity index (χ0v) is 15.0. The van der Waals surface area contributed by atoms with Gasteiger partial charge in [-0.05, 0) is 59.8 Å². The summed E-state index contributed by atoms with van der Waals surface area (Å²) in [6.45, 7) is 4.04. The summed E-state index contributed by atoms with van der Waals surface area (Å²) in [4.78, 5) is 12.1. The molecule has 20 heavy (non-hydrogen) atoms. The van der Waals surface area contributed by atoms with Gasteiger partial charge in [0.25, 0.3) is 0 Å². The quantitative estimate of drug-likeness (QED) is 0.692. The maximum Gasteiger partial charge on any atom is 0.319 e. The monoisotopic (exact) mass is 402 g/mol. The van der Waals surface area contributed by atoms with Gasteiger partial charge < -0.3 is 10.6 Å². The first-order valence-corrected chi connectivity index (χ1v) is 8.60. The number of hydrogen-bond donors (Lipinski definition) is 2. The first kappa shape index (κ1) is 15.8. The van der Waals surface area contributed by atoms with Crippen LogP contribution >= 0.6 is 31.9 Å². The van der Waals surface area contributed by atoms with Crippen LogP contribution in [-0.2, 0) is 0 Å². The molecule has 1 aromatic rings. The van der Waals surface area contributed by atoms with Crippen molar-refractivity contribution in [2.45, 2.75) is 52.0 Å². The molecule has 0 aromatic heterocycles. The number of amides is 2. The average molecular weight is 404 g/mol. The van der Waals surface area contributed by atoms with Crippen LogP contribution in [-0.4, -0.2) is 12.1 Å². The Morgan fingerprint density at radius 3 is 2.45 bits per heavy atom. The molecule has 2 rings (SSSR count). The molecular formula is C15H20Br2N2O. The number of carbonyl (C=O) groups is 1. The minimum absolute atomic E-state index is 0.112. The standard InChI is InChI=1S/C15H20Br2N2O/c1-9-8-12(14(17)10(2)13(9)16)19-15(20)18-11-6-4-3-5-7-11/h8,11H,3-7H2,1-2H3,(H2,18,19,20). The highest BCUT2D eigenvalue weighted by Gasteiger charge is 2.17. The third-order valence-corrected chi connectivity index (χ3v) is 6.03. The summed E-state index contributed by atoms with van der Waals surface area (Å²) >= 11 is 7.10. The number of hydrogen-bond acceptors (Lipinski definition) is 1. The molecule has 2 amide bonds. The Bertz CT molecular complexity index is 511. The lowest BCUT2D eigenvalue weighted by Gasteiger charge is -2.23. The number of aryl methyl sites for hydroxylation is 1. The smallest absolute Gasteiger partial charge is 0.319 e. The molecule has 5 heteroatoms. The van der Waals surface area contributed by atoms with Crippen LogP contribution < -0.4 is 10.6 Å². The lowest BCUT2D eigenvalue weighted by molar-refractivity contribution is 0.244. The van der Waals surface area contributed by atoms with E-state index in [4.69, 9.17) is 0 Å². The highest BCUT2D eigenvalue weighted by molar-refractivity contribution is 9.11. The molecule has 1 aliphatic carbocycles. The number of carbonyl (C=O) groups excluding carboxylic acids is 1. The molecule has 1 saturated carbocycles. The third kappa shape index (κ3) is 3.76. The second kappa shape index (κ2) is 6.94. The molecule has 0 heterocycles. The van der Waals surface area contributed by atoms with Gasteiger partial charge in [0.1, 0.15) is 0 Å². The average Bonchev–Trinajstić information content (AvgIpc) is 2.43. The summed E-state index contributed by atoms with van der Waals surface area (Å²) < 4.78 is 2.00. The topological polar surface area (TPSA) is 41.1 Å². The van der Waals surface area contributed by atoms with Crippen molar-refractivity contribution in [2.24, 2.45) is 0 Å². The fourth-order valence-electron chi connectivity index (χ4n) is 2.62. The zero-order chi connectivity index (χ0) is 14.7. The zero-order valence-electron chi connectivity index (χ0n) is 11.9. The van der Waals surface area contributed by atoms with Crippen LogP contribution in [0.15, 0.2) is 15.0 Å². The molecule has 0 aliphatic heterocycles. The molecule has 0 unspecified atom stereocenters. The first-order chi connectivity index (χ1) is 9.49. The number of nitrogens with one attached hydrogen (secondary N) is 2. The molecule has 3 nitrogen and oxygen atoms in total. The van der Waals surface area contributed by atoms with Gasteiger partial charge in [0.15, 0.2) is 0 Å². The van der Waals surface area contributed by atoms with Crippen molar-refractivity contribution in [1.29, 1.82) is 0 Å². The van der Waals surface area contributed by atoms with Gasteiger partial charge in [-0.15, -0.1) is 0 Å². The summed E-state index contributed by atoms with van der Waals surface area (Å²) in [5.74, 6) is 0. The van der Waals surface area contributed by atoms with Gasteiger partial charge in [-0.3, -0.25) is 0 Å². The Hall–Kier alpha value is -0.550. The predicted octanol–water partition coefficient (Wildman–Crippen LogP) is 5.28. The second-order valence-corrected chi connectivity index (χ2v) is 7.01. The molecule has 1 fully saturated rings. The van der Waals surface area contributed by atoms with E-state index in [1.54, 1.807) is 0 Å². The number of halogens is 2. The largest absolute Gasteiger partial charge is 0.335 e. The van der Waals surface area contributed by atoms with Gasteiger partial charge in [0.2, 0.25) is 0 Å². The predicted molar refractivity (Wildman–Crippen MR) is 90.3 cm³/mol. The van der Waals surface area contributed by atoms with Crippen molar-refractivity contribution in [3.63, 3.8) is 0 Å². The molecule has 0 bridgehead atoms. The van der Waals surface area contributed by atoms with Crippen molar-refractivity contribution in [3.8, 4) is 0 Å². The van der Waals surface area contributed by atoms with Crippen LogP contribution in [0.2, 0.25) is 0 Å². The Morgan fingerprint density at radius 1 is 1.15 bits per heavy atom. The summed E-state index contributed by atoms with van der Waals surface area (Å²) in [5.41, 5.74) is 3.02. The summed E-state index contributed by atoms with van der Waals surface area (Å²) in [6.07, 6.45) is 5.90. The molecule has 0 radical (unpaired) electrons. The van der Waals surface area contributed by atoms with Gasteiger partial charge in [0.05, 0.1) is 5.69 Å². The first-order valence-electron chi connectivity index (χ1n) is 7.01. The molecule has 1 aromatic carbocycles. The van der Waals surface area contributed by atoms with Crippen molar-refractivity contribution in [1.82, 2.24) is 5.32 Å². The highest BCUT2D eigenvalue weighted by atomic mass is 79.9. The second-order valence-electron chi connectivity index (χ2n) is 5.43. The van der Waals surface area contributed by atoms with Crippen LogP contribution in [0.4, 0.5) is 10.5 Å². The SMILES string of the molecule is Cc1cc(NC(=O)NC2CCCCC2)c(Br)c(C)c1Br. The fourth-order valence-corrected chi connectivity index (χ4v) is 3.61. The van der Waals surface area contributed by atoms with Gasteiger partial charge in [-0.2, -0.15) is 0 Å². The summed E-state index contributed by atoms with van der Waals surface area (Å²) in [5, 5.41) is 6.01. The third-order valence-electron chi connectivity index (χ3n) is 3.79. The van der Waals surface area contributed by atoms with Gasteiger partial charge >= 0.3 is 6.03 Å². The van der Waals surface area contributed by atoms with E-state index in [2.05, 4.69) is 42.5 Å². The number of anilines is 1. The Labute approximate surface area is 137 Å². The summed E-state index contributed by atoms with van der Waals surface area (Å²) in [6, 6.07) is 2.18. The molecule has 1 aliphatic rings. The van der Waals surface area contributed by atoms with E-state index in [1.165, 1.54) is 19.3 Å².